The highest BCUT2D eigenvalue weighted by Crippen LogP contribution is 2.12. The van der Waals surface area contributed by atoms with Gasteiger partial charge in [0, 0.05) is 13.2 Å². The molecule has 0 spiro atoms. The fourth-order valence-electron chi connectivity index (χ4n) is 1.50. The number of carbonyl (C=O) groups excluding carboxylic acids is 1. The molecule has 0 aliphatic rings. The van der Waals surface area contributed by atoms with Crippen molar-refractivity contribution in [1.29, 1.82) is 0 Å². The van der Waals surface area contributed by atoms with Crippen LogP contribution in [0.4, 0.5) is 5.69 Å². The first-order valence-electron chi connectivity index (χ1n) is 5.61. The van der Waals surface area contributed by atoms with E-state index < -0.39 is 6.04 Å². The van der Waals surface area contributed by atoms with Gasteiger partial charge >= 0.3 is 0 Å². The van der Waals surface area contributed by atoms with Crippen LogP contribution < -0.4 is 11.1 Å². The monoisotopic (exact) mass is 224 g/mol. The molecule has 0 aliphatic carbocycles. The van der Waals surface area contributed by atoms with Gasteiger partial charge in [0.15, 0.2) is 0 Å². The number of nitrogens with one attached hydrogen (secondary N) is 1. The number of aromatic nitrogens is 2. The van der Waals surface area contributed by atoms with Gasteiger partial charge in [-0.2, -0.15) is 5.10 Å². The summed E-state index contributed by atoms with van der Waals surface area (Å²) in [5, 5.41) is 6.94. The molecule has 0 aromatic carbocycles. The van der Waals surface area contributed by atoms with Crippen LogP contribution in [0.2, 0.25) is 0 Å². The number of rotatable bonds is 5. The van der Waals surface area contributed by atoms with E-state index in [2.05, 4.69) is 17.3 Å². The van der Waals surface area contributed by atoms with E-state index in [-0.39, 0.29) is 5.91 Å². The van der Waals surface area contributed by atoms with Gasteiger partial charge in [0.2, 0.25) is 5.91 Å². The number of nitrogens with zero attached hydrogens (tertiary/aromatic N) is 2. The number of anilines is 1. The number of aryl methyl sites for hydroxylation is 2. The van der Waals surface area contributed by atoms with Crippen molar-refractivity contribution in [1.82, 2.24) is 9.78 Å². The summed E-state index contributed by atoms with van der Waals surface area (Å²) in [6, 6.07) is -0.431. The molecule has 5 heteroatoms. The lowest BCUT2D eigenvalue weighted by atomic mass is 10.1. The van der Waals surface area contributed by atoms with Crippen molar-refractivity contribution in [2.75, 3.05) is 5.32 Å². The van der Waals surface area contributed by atoms with Crippen molar-refractivity contribution < 1.29 is 4.79 Å². The lowest BCUT2D eigenvalue weighted by Crippen LogP contribution is -2.35. The van der Waals surface area contributed by atoms with E-state index >= 15 is 0 Å². The Balaban J connectivity index is 2.53. The molecule has 5 nitrogen and oxygen atoms in total. The summed E-state index contributed by atoms with van der Waals surface area (Å²) < 4.78 is 1.67. The van der Waals surface area contributed by atoms with Crippen molar-refractivity contribution in [3.05, 3.63) is 11.9 Å². The molecular formula is C11H20N4O. The quantitative estimate of drug-likeness (QED) is 0.789. The first-order valence-corrected chi connectivity index (χ1v) is 5.61. The Labute approximate surface area is 96.0 Å². The Morgan fingerprint density at radius 1 is 1.69 bits per heavy atom. The third kappa shape index (κ3) is 3.34. The minimum atomic E-state index is -0.431. The Morgan fingerprint density at radius 3 is 2.88 bits per heavy atom. The van der Waals surface area contributed by atoms with Crippen molar-refractivity contribution in [2.24, 2.45) is 12.8 Å². The zero-order valence-electron chi connectivity index (χ0n) is 10.2. The number of nitrogens with two attached hydrogens (primary N) is 1. The summed E-state index contributed by atoms with van der Waals surface area (Å²) in [6.45, 7) is 3.93. The van der Waals surface area contributed by atoms with Crippen molar-refractivity contribution >= 4 is 11.6 Å². The largest absolute Gasteiger partial charge is 0.322 e. The van der Waals surface area contributed by atoms with E-state index in [1.165, 1.54) is 0 Å². The average Bonchev–Trinajstić information content (AvgIpc) is 2.53. The van der Waals surface area contributed by atoms with E-state index in [0.717, 1.165) is 30.6 Å². The zero-order valence-corrected chi connectivity index (χ0v) is 10.2. The molecule has 0 fully saturated rings. The van der Waals surface area contributed by atoms with Crippen LogP contribution in [0.1, 0.15) is 31.9 Å². The predicted molar refractivity (Wildman–Crippen MR) is 64.1 cm³/mol. The summed E-state index contributed by atoms with van der Waals surface area (Å²) >= 11 is 0. The van der Waals surface area contributed by atoms with Crippen LogP contribution >= 0.6 is 0 Å². The molecule has 1 aromatic rings. The fraction of sp³-hybridized carbons (Fsp3) is 0.636. The average molecular weight is 224 g/mol. The standard InChI is InChI=1S/C11H20N4O/c1-4-5-6-9(12)11(16)13-10-7-15(3)14-8(10)2/h7,9H,4-6,12H2,1-3H3,(H,13,16). The van der Waals surface area contributed by atoms with Crippen LogP contribution in [-0.4, -0.2) is 21.7 Å². The van der Waals surface area contributed by atoms with E-state index in [4.69, 9.17) is 5.73 Å². The van der Waals surface area contributed by atoms with Gasteiger partial charge in [0.05, 0.1) is 17.4 Å². The van der Waals surface area contributed by atoms with Gasteiger partial charge < -0.3 is 11.1 Å². The van der Waals surface area contributed by atoms with Gasteiger partial charge in [-0.15, -0.1) is 0 Å². The SMILES string of the molecule is CCCCC(N)C(=O)Nc1cn(C)nc1C. The molecule has 0 saturated heterocycles. The van der Waals surface area contributed by atoms with Crippen LogP contribution in [0.5, 0.6) is 0 Å². The summed E-state index contributed by atoms with van der Waals surface area (Å²) in [5.74, 6) is -0.135. The molecule has 1 amide bonds. The van der Waals surface area contributed by atoms with Gasteiger partial charge in [-0.05, 0) is 13.3 Å². The van der Waals surface area contributed by atoms with Gasteiger partial charge in [0.25, 0.3) is 0 Å². The Morgan fingerprint density at radius 2 is 2.38 bits per heavy atom. The van der Waals surface area contributed by atoms with Gasteiger partial charge in [-0.3, -0.25) is 9.48 Å². The van der Waals surface area contributed by atoms with Crippen LogP contribution in [-0.2, 0) is 11.8 Å². The Kier molecular flexibility index (Phi) is 4.49. The number of hydrogen-bond acceptors (Lipinski definition) is 3. The highest BCUT2D eigenvalue weighted by Gasteiger charge is 2.14. The number of unbranched alkanes of at least 4 members (excludes halogenated alkanes) is 1. The molecular weight excluding hydrogens is 204 g/mol. The van der Waals surface area contributed by atoms with Crippen LogP contribution in [0.25, 0.3) is 0 Å². The van der Waals surface area contributed by atoms with E-state index in [9.17, 15) is 4.79 Å². The normalized spacial score (nSPS) is 12.5. The van der Waals surface area contributed by atoms with Gasteiger partial charge in [0.1, 0.15) is 0 Å². The molecule has 0 saturated carbocycles. The lowest BCUT2D eigenvalue weighted by molar-refractivity contribution is -0.117. The second kappa shape index (κ2) is 5.65. The third-order valence-corrected chi connectivity index (χ3v) is 2.48. The first kappa shape index (κ1) is 12.7. The van der Waals surface area contributed by atoms with Crippen molar-refractivity contribution in [3.63, 3.8) is 0 Å². The Hall–Kier alpha value is -1.36. The molecule has 0 radical (unpaired) electrons. The molecule has 1 aromatic heterocycles. The van der Waals surface area contributed by atoms with E-state index in [1.807, 2.05) is 14.0 Å². The highest BCUT2D eigenvalue weighted by atomic mass is 16.2. The molecule has 1 atom stereocenters. The molecule has 0 aliphatic heterocycles. The lowest BCUT2D eigenvalue weighted by Gasteiger charge is -2.10. The number of amides is 1. The summed E-state index contributed by atoms with van der Waals surface area (Å²) in [4.78, 5) is 11.7. The van der Waals surface area contributed by atoms with Crippen LogP contribution in [0, 0.1) is 6.92 Å². The molecule has 90 valence electrons. The summed E-state index contributed by atoms with van der Waals surface area (Å²) in [6.07, 6.45) is 4.52. The second-order valence-electron chi connectivity index (χ2n) is 4.04. The maximum atomic E-state index is 11.7. The van der Waals surface area contributed by atoms with Crippen molar-refractivity contribution in [3.8, 4) is 0 Å². The smallest absolute Gasteiger partial charge is 0.241 e. The summed E-state index contributed by atoms with van der Waals surface area (Å²) in [5.41, 5.74) is 7.31. The number of carbonyl (C=O) groups is 1. The number of hydrogen-bond donors (Lipinski definition) is 2. The molecule has 1 unspecified atom stereocenters. The molecule has 1 rings (SSSR count). The van der Waals surface area contributed by atoms with Gasteiger partial charge in [-0.25, -0.2) is 0 Å². The van der Waals surface area contributed by atoms with E-state index in [1.54, 1.807) is 10.9 Å². The zero-order chi connectivity index (χ0) is 12.1. The van der Waals surface area contributed by atoms with Crippen LogP contribution in [0.15, 0.2) is 6.20 Å². The Bertz CT molecular complexity index is 359. The maximum absolute atomic E-state index is 11.7. The maximum Gasteiger partial charge on any atom is 0.241 e. The topological polar surface area (TPSA) is 72.9 Å². The first-order chi connectivity index (χ1) is 7.54. The summed E-state index contributed by atoms with van der Waals surface area (Å²) in [7, 11) is 1.82. The highest BCUT2D eigenvalue weighted by molar-refractivity contribution is 5.94. The van der Waals surface area contributed by atoms with E-state index in [0.29, 0.717) is 0 Å². The molecule has 0 bridgehead atoms. The predicted octanol–water partition coefficient (Wildman–Crippen LogP) is 1.18. The molecule has 3 N–H and O–H groups in total. The third-order valence-electron chi connectivity index (χ3n) is 2.48. The fourth-order valence-corrected chi connectivity index (χ4v) is 1.50. The molecule has 1 heterocycles. The molecule has 16 heavy (non-hydrogen) atoms. The van der Waals surface area contributed by atoms with Crippen molar-refractivity contribution in [2.45, 2.75) is 39.2 Å². The minimum absolute atomic E-state index is 0.135. The minimum Gasteiger partial charge on any atom is -0.322 e. The van der Waals surface area contributed by atoms with Crippen LogP contribution in [0.3, 0.4) is 0 Å². The second-order valence-corrected chi connectivity index (χ2v) is 4.04. The van der Waals surface area contributed by atoms with Gasteiger partial charge in [-0.1, -0.05) is 19.8 Å².